The van der Waals surface area contributed by atoms with Crippen LogP contribution in [0, 0.1) is 16.4 Å². The highest BCUT2D eigenvalue weighted by molar-refractivity contribution is 14.1. The highest BCUT2D eigenvalue weighted by Gasteiger charge is 2.13. The minimum atomic E-state index is 0.0381. The minimum absolute atomic E-state index is 0.0381. The molecular weight excluding hydrogens is 405 g/mol. The average Bonchev–Trinajstić information content (AvgIpc) is 2.37. The van der Waals surface area contributed by atoms with E-state index in [0.717, 1.165) is 39.4 Å². The molecule has 0 spiro atoms. The molecule has 0 fully saturated rings. The third-order valence-electron chi connectivity index (χ3n) is 3.08. The van der Waals surface area contributed by atoms with Crippen LogP contribution in [0.3, 0.4) is 0 Å². The van der Waals surface area contributed by atoms with Gasteiger partial charge < -0.3 is 5.32 Å². The molecule has 0 radical (unpaired) electrons. The van der Waals surface area contributed by atoms with Gasteiger partial charge in [0.15, 0.2) is 0 Å². The van der Waals surface area contributed by atoms with Crippen LogP contribution in [0.1, 0.15) is 35.7 Å². The Hall–Kier alpha value is -0.100. The smallest absolute Gasteiger partial charge is 0.252 e. The van der Waals surface area contributed by atoms with Gasteiger partial charge in [0.1, 0.15) is 0 Å². The number of hydrogen-bond donors (Lipinski definition) is 1. The Morgan fingerprint density at radius 1 is 1.50 bits per heavy atom. The van der Waals surface area contributed by atoms with E-state index in [4.69, 9.17) is 0 Å². The molecule has 1 aromatic rings. The second-order valence-corrected chi connectivity index (χ2v) is 6.27. The molecule has 1 unspecified atom stereocenters. The summed E-state index contributed by atoms with van der Waals surface area (Å²) in [7, 11) is 0. The Bertz CT molecular complexity index is 409. The van der Waals surface area contributed by atoms with Crippen molar-refractivity contribution in [2.24, 2.45) is 5.92 Å². The van der Waals surface area contributed by atoms with Crippen molar-refractivity contribution in [3.8, 4) is 0 Å². The molecule has 0 heterocycles. The number of carbonyl (C=O) groups excluding carboxylic acids is 1. The van der Waals surface area contributed by atoms with E-state index in [2.05, 4.69) is 50.8 Å². The lowest BCUT2D eigenvalue weighted by Gasteiger charge is -2.15. The molecule has 0 aromatic heterocycles. The molecule has 1 rings (SSSR count). The number of alkyl halides is 1. The Morgan fingerprint density at radius 2 is 2.22 bits per heavy atom. The van der Waals surface area contributed by atoms with Crippen LogP contribution in [0.25, 0.3) is 0 Å². The molecule has 1 N–H and O–H groups in total. The van der Waals surface area contributed by atoms with Crippen LogP contribution in [-0.2, 0) is 0 Å². The SMILES string of the molecule is CCC(CCBr)CNC(=O)c1cccc(C)c1I. The summed E-state index contributed by atoms with van der Waals surface area (Å²) in [6.45, 7) is 4.94. The molecule has 1 aromatic carbocycles. The molecule has 0 aliphatic carbocycles. The normalized spacial score (nSPS) is 12.2. The van der Waals surface area contributed by atoms with E-state index in [1.165, 1.54) is 0 Å². The van der Waals surface area contributed by atoms with E-state index in [1.54, 1.807) is 0 Å². The Balaban J connectivity index is 2.62. The van der Waals surface area contributed by atoms with Gasteiger partial charge in [-0.25, -0.2) is 0 Å². The van der Waals surface area contributed by atoms with E-state index >= 15 is 0 Å². The zero-order chi connectivity index (χ0) is 13.5. The van der Waals surface area contributed by atoms with Gasteiger partial charge in [0.25, 0.3) is 5.91 Å². The second-order valence-electron chi connectivity index (χ2n) is 4.40. The molecular formula is C14H19BrINO. The number of halogens is 2. The third-order valence-corrected chi connectivity index (χ3v) is 4.97. The van der Waals surface area contributed by atoms with Crippen LogP contribution < -0.4 is 5.32 Å². The van der Waals surface area contributed by atoms with Crippen molar-refractivity contribution in [3.05, 3.63) is 32.9 Å². The number of hydrogen-bond acceptors (Lipinski definition) is 1. The summed E-state index contributed by atoms with van der Waals surface area (Å²) in [6.07, 6.45) is 2.19. The Kier molecular flexibility index (Phi) is 7.22. The summed E-state index contributed by atoms with van der Waals surface area (Å²) in [5.41, 5.74) is 1.93. The average molecular weight is 424 g/mol. The fraction of sp³-hybridized carbons (Fsp3) is 0.500. The molecule has 1 atom stereocenters. The monoisotopic (exact) mass is 423 g/mol. The van der Waals surface area contributed by atoms with Crippen molar-refractivity contribution in [3.63, 3.8) is 0 Å². The molecule has 0 saturated carbocycles. The largest absolute Gasteiger partial charge is 0.352 e. The fourth-order valence-electron chi connectivity index (χ4n) is 1.76. The van der Waals surface area contributed by atoms with Crippen molar-refractivity contribution in [2.45, 2.75) is 26.7 Å². The van der Waals surface area contributed by atoms with E-state index in [9.17, 15) is 4.79 Å². The van der Waals surface area contributed by atoms with Crippen molar-refractivity contribution in [1.82, 2.24) is 5.32 Å². The molecule has 0 aliphatic rings. The number of aryl methyl sites for hydroxylation is 1. The number of nitrogens with one attached hydrogen (secondary N) is 1. The summed E-state index contributed by atoms with van der Waals surface area (Å²) in [4.78, 5) is 12.1. The van der Waals surface area contributed by atoms with Gasteiger partial charge in [0, 0.05) is 15.4 Å². The van der Waals surface area contributed by atoms with E-state index in [0.29, 0.717) is 5.92 Å². The van der Waals surface area contributed by atoms with E-state index in [-0.39, 0.29) is 5.91 Å². The summed E-state index contributed by atoms with van der Waals surface area (Å²) >= 11 is 5.68. The van der Waals surface area contributed by atoms with E-state index in [1.807, 2.05) is 25.1 Å². The highest BCUT2D eigenvalue weighted by Crippen LogP contribution is 2.17. The Morgan fingerprint density at radius 3 is 2.83 bits per heavy atom. The first-order chi connectivity index (χ1) is 8.60. The standard InChI is InChI=1S/C14H19BrINO/c1-3-11(7-8-15)9-17-14(18)12-6-4-5-10(2)13(12)16/h4-6,11H,3,7-9H2,1-2H3,(H,17,18). The van der Waals surface area contributed by atoms with Gasteiger partial charge in [-0.1, -0.05) is 41.4 Å². The van der Waals surface area contributed by atoms with Crippen LogP contribution in [0.15, 0.2) is 18.2 Å². The summed E-state index contributed by atoms with van der Waals surface area (Å²) in [6, 6.07) is 5.84. The quantitative estimate of drug-likeness (QED) is 0.540. The van der Waals surface area contributed by atoms with Gasteiger partial charge in [-0.3, -0.25) is 4.79 Å². The number of rotatable bonds is 6. The molecule has 2 nitrogen and oxygen atoms in total. The maximum absolute atomic E-state index is 12.1. The zero-order valence-electron chi connectivity index (χ0n) is 10.8. The summed E-state index contributed by atoms with van der Waals surface area (Å²) in [5.74, 6) is 0.590. The first kappa shape index (κ1) is 16.0. The van der Waals surface area contributed by atoms with Crippen LogP contribution in [-0.4, -0.2) is 17.8 Å². The lowest BCUT2D eigenvalue weighted by atomic mass is 10.0. The number of carbonyl (C=O) groups is 1. The molecule has 4 heteroatoms. The number of amides is 1. The van der Waals surface area contributed by atoms with Gasteiger partial charge in [-0.2, -0.15) is 0 Å². The molecule has 1 amide bonds. The van der Waals surface area contributed by atoms with E-state index < -0.39 is 0 Å². The van der Waals surface area contributed by atoms with Crippen molar-refractivity contribution >= 4 is 44.4 Å². The van der Waals surface area contributed by atoms with Crippen LogP contribution in [0.5, 0.6) is 0 Å². The van der Waals surface area contributed by atoms with Gasteiger partial charge in [-0.15, -0.1) is 0 Å². The fourth-order valence-corrected chi connectivity index (χ4v) is 3.01. The molecule has 0 saturated heterocycles. The van der Waals surface area contributed by atoms with Gasteiger partial charge >= 0.3 is 0 Å². The zero-order valence-corrected chi connectivity index (χ0v) is 14.5. The maximum atomic E-state index is 12.1. The lowest BCUT2D eigenvalue weighted by molar-refractivity contribution is 0.0945. The first-order valence-corrected chi connectivity index (χ1v) is 8.39. The van der Waals surface area contributed by atoms with Gasteiger partial charge in [-0.05, 0) is 53.5 Å². The predicted octanol–water partition coefficient (Wildman–Crippen LogP) is 4.14. The maximum Gasteiger partial charge on any atom is 0.252 e. The van der Waals surface area contributed by atoms with Crippen LogP contribution in [0.4, 0.5) is 0 Å². The third kappa shape index (κ3) is 4.53. The van der Waals surface area contributed by atoms with Gasteiger partial charge in [0.05, 0.1) is 5.56 Å². The van der Waals surface area contributed by atoms with Crippen molar-refractivity contribution < 1.29 is 4.79 Å². The molecule has 100 valence electrons. The molecule has 0 aliphatic heterocycles. The van der Waals surface area contributed by atoms with Crippen LogP contribution >= 0.6 is 38.5 Å². The minimum Gasteiger partial charge on any atom is -0.352 e. The summed E-state index contributed by atoms with van der Waals surface area (Å²) in [5, 5.41) is 4.03. The first-order valence-electron chi connectivity index (χ1n) is 6.19. The highest BCUT2D eigenvalue weighted by atomic mass is 127. The molecule has 0 bridgehead atoms. The number of benzene rings is 1. The lowest BCUT2D eigenvalue weighted by Crippen LogP contribution is -2.30. The van der Waals surface area contributed by atoms with Crippen molar-refractivity contribution in [1.29, 1.82) is 0 Å². The van der Waals surface area contributed by atoms with Crippen LogP contribution in [0.2, 0.25) is 0 Å². The molecule has 18 heavy (non-hydrogen) atoms. The summed E-state index contributed by atoms with van der Waals surface area (Å²) < 4.78 is 1.04. The Labute approximate surface area is 131 Å². The van der Waals surface area contributed by atoms with Crippen molar-refractivity contribution in [2.75, 3.05) is 11.9 Å². The predicted molar refractivity (Wildman–Crippen MR) is 88.4 cm³/mol. The topological polar surface area (TPSA) is 29.1 Å². The van der Waals surface area contributed by atoms with Gasteiger partial charge in [0.2, 0.25) is 0 Å². The second kappa shape index (κ2) is 8.15.